The van der Waals surface area contributed by atoms with Crippen molar-refractivity contribution < 1.29 is 19.4 Å². The fourth-order valence-corrected chi connectivity index (χ4v) is 1.73. The first-order valence-electron chi connectivity index (χ1n) is 5.82. The quantitative estimate of drug-likeness (QED) is 0.872. The first kappa shape index (κ1) is 13.7. The molecule has 0 amide bonds. The summed E-state index contributed by atoms with van der Waals surface area (Å²) in [5.74, 6) is 0.167. The Bertz CT molecular complexity index is 628. The lowest BCUT2D eigenvalue weighted by Crippen LogP contribution is -2.04. The Hall–Kier alpha value is -2.76. The predicted molar refractivity (Wildman–Crippen MR) is 74.0 cm³/mol. The van der Waals surface area contributed by atoms with Crippen molar-refractivity contribution in [2.24, 2.45) is 0 Å². The van der Waals surface area contributed by atoms with Gasteiger partial charge in [-0.2, -0.15) is 0 Å². The van der Waals surface area contributed by atoms with E-state index >= 15 is 0 Å². The molecule has 1 heterocycles. The lowest BCUT2D eigenvalue weighted by molar-refractivity contribution is 0.0697. The van der Waals surface area contributed by atoms with E-state index in [1.54, 1.807) is 31.4 Å². The molecule has 0 aliphatic rings. The Kier molecular flexibility index (Phi) is 4.05. The summed E-state index contributed by atoms with van der Waals surface area (Å²) in [7, 11) is 3.10. The van der Waals surface area contributed by atoms with Crippen molar-refractivity contribution >= 4 is 17.3 Å². The summed E-state index contributed by atoms with van der Waals surface area (Å²) in [5.41, 5.74) is 1.12. The van der Waals surface area contributed by atoms with Gasteiger partial charge in [-0.15, -0.1) is 0 Å². The molecule has 0 radical (unpaired) electrons. The van der Waals surface area contributed by atoms with Crippen LogP contribution in [-0.2, 0) is 0 Å². The molecule has 0 fully saturated rings. The number of methoxy groups -OCH3 is 2. The summed E-state index contributed by atoms with van der Waals surface area (Å²) in [6, 6.07) is 6.81. The van der Waals surface area contributed by atoms with Crippen LogP contribution in [0.5, 0.6) is 11.5 Å². The third kappa shape index (κ3) is 2.80. The van der Waals surface area contributed by atoms with Crippen molar-refractivity contribution in [2.45, 2.75) is 0 Å². The van der Waals surface area contributed by atoms with Crippen LogP contribution in [0.4, 0.5) is 11.4 Å². The maximum absolute atomic E-state index is 11.2. The zero-order valence-corrected chi connectivity index (χ0v) is 11.1. The fraction of sp³-hybridized carbons (Fsp3) is 0.143. The summed E-state index contributed by atoms with van der Waals surface area (Å²) in [6.07, 6.45) is 2.80. The van der Waals surface area contributed by atoms with Crippen LogP contribution in [0.2, 0.25) is 0 Å². The van der Waals surface area contributed by atoms with Crippen LogP contribution in [0.15, 0.2) is 36.7 Å². The van der Waals surface area contributed by atoms with Crippen LogP contribution in [-0.4, -0.2) is 30.3 Å². The van der Waals surface area contributed by atoms with Gasteiger partial charge in [-0.25, -0.2) is 4.79 Å². The number of nitrogens with one attached hydrogen (secondary N) is 1. The van der Waals surface area contributed by atoms with E-state index in [2.05, 4.69) is 10.3 Å². The lowest BCUT2D eigenvalue weighted by Gasteiger charge is -2.13. The molecule has 1 aromatic carbocycles. The van der Waals surface area contributed by atoms with Gasteiger partial charge in [0.1, 0.15) is 17.1 Å². The zero-order valence-electron chi connectivity index (χ0n) is 11.1. The molecule has 6 heteroatoms. The highest BCUT2D eigenvalue weighted by Gasteiger charge is 2.12. The second-order valence-corrected chi connectivity index (χ2v) is 3.92. The largest absolute Gasteiger partial charge is 0.497 e. The Morgan fingerprint density at radius 3 is 2.65 bits per heavy atom. The molecule has 104 valence electrons. The average Bonchev–Trinajstić information content (AvgIpc) is 2.47. The molecule has 6 nitrogen and oxygen atoms in total. The highest BCUT2D eigenvalue weighted by Crippen LogP contribution is 2.32. The Labute approximate surface area is 116 Å². The second-order valence-electron chi connectivity index (χ2n) is 3.92. The molecule has 1 aromatic heterocycles. The smallest absolute Gasteiger partial charge is 0.339 e. The van der Waals surface area contributed by atoms with Gasteiger partial charge in [0.15, 0.2) is 0 Å². The maximum Gasteiger partial charge on any atom is 0.339 e. The summed E-state index contributed by atoms with van der Waals surface area (Å²) >= 11 is 0. The Morgan fingerprint density at radius 1 is 1.20 bits per heavy atom. The number of ether oxygens (including phenoxy) is 2. The number of aromatic carboxylic acids is 1. The molecule has 0 bridgehead atoms. The van der Waals surface area contributed by atoms with Gasteiger partial charge in [-0.3, -0.25) is 4.98 Å². The molecule has 0 saturated carbocycles. The van der Waals surface area contributed by atoms with Gasteiger partial charge in [0.25, 0.3) is 0 Å². The van der Waals surface area contributed by atoms with Crippen molar-refractivity contribution in [3.8, 4) is 11.5 Å². The van der Waals surface area contributed by atoms with E-state index in [-0.39, 0.29) is 5.56 Å². The van der Waals surface area contributed by atoms with Crippen molar-refractivity contribution in [3.63, 3.8) is 0 Å². The van der Waals surface area contributed by atoms with Crippen molar-refractivity contribution in [3.05, 3.63) is 42.2 Å². The Balaban J connectivity index is 2.41. The number of anilines is 2. The first-order chi connectivity index (χ1) is 9.65. The van der Waals surface area contributed by atoms with Gasteiger partial charge in [-0.05, 0) is 18.2 Å². The van der Waals surface area contributed by atoms with E-state index in [0.29, 0.717) is 22.9 Å². The van der Waals surface area contributed by atoms with Gasteiger partial charge < -0.3 is 19.9 Å². The number of benzene rings is 1. The van der Waals surface area contributed by atoms with Crippen LogP contribution >= 0.6 is 0 Å². The van der Waals surface area contributed by atoms with Gasteiger partial charge in [0.05, 0.1) is 25.6 Å². The van der Waals surface area contributed by atoms with Gasteiger partial charge in [0.2, 0.25) is 0 Å². The number of carbonyl (C=O) groups is 1. The van der Waals surface area contributed by atoms with E-state index in [0.717, 1.165) is 0 Å². The zero-order chi connectivity index (χ0) is 14.5. The monoisotopic (exact) mass is 274 g/mol. The lowest BCUT2D eigenvalue weighted by atomic mass is 10.2. The molecule has 2 rings (SSSR count). The summed E-state index contributed by atoms with van der Waals surface area (Å²) in [6.45, 7) is 0. The van der Waals surface area contributed by atoms with Crippen molar-refractivity contribution in [2.75, 3.05) is 19.5 Å². The van der Waals surface area contributed by atoms with E-state index in [9.17, 15) is 4.79 Å². The topological polar surface area (TPSA) is 80.7 Å². The third-order valence-electron chi connectivity index (χ3n) is 2.73. The Morgan fingerprint density at radius 2 is 2.00 bits per heavy atom. The number of hydrogen-bond acceptors (Lipinski definition) is 5. The molecule has 0 aliphatic heterocycles. The summed E-state index contributed by atoms with van der Waals surface area (Å²) in [4.78, 5) is 15.0. The normalized spacial score (nSPS) is 9.90. The molecule has 2 N–H and O–H groups in total. The number of nitrogens with zero attached hydrogens (tertiary/aromatic N) is 1. The molecule has 0 spiro atoms. The van der Waals surface area contributed by atoms with Crippen LogP contribution in [0.3, 0.4) is 0 Å². The number of hydrogen-bond donors (Lipinski definition) is 2. The number of aromatic nitrogens is 1. The minimum absolute atomic E-state index is 0.0809. The minimum atomic E-state index is -1.05. The summed E-state index contributed by atoms with van der Waals surface area (Å²) in [5, 5.41) is 12.2. The predicted octanol–water partition coefficient (Wildman–Crippen LogP) is 2.54. The SMILES string of the molecule is COc1ccc(OC)c(Nc2ccncc2C(=O)O)c1. The standard InChI is InChI=1S/C14H14N2O4/c1-19-9-3-4-13(20-2)12(7-9)16-11-5-6-15-8-10(11)14(17)18/h3-8H,1-2H3,(H,15,16)(H,17,18). The number of carboxylic acid groups (broad SMARTS) is 1. The molecular weight excluding hydrogens is 260 g/mol. The van der Waals surface area contributed by atoms with Gasteiger partial charge in [-0.1, -0.05) is 0 Å². The van der Waals surface area contributed by atoms with Crippen LogP contribution < -0.4 is 14.8 Å². The van der Waals surface area contributed by atoms with Crippen LogP contribution in [0, 0.1) is 0 Å². The first-order valence-corrected chi connectivity index (χ1v) is 5.82. The molecular formula is C14H14N2O4. The molecule has 0 saturated heterocycles. The molecule has 0 atom stereocenters. The third-order valence-corrected chi connectivity index (χ3v) is 2.73. The maximum atomic E-state index is 11.2. The summed E-state index contributed by atoms with van der Waals surface area (Å²) < 4.78 is 10.4. The number of pyridine rings is 1. The highest BCUT2D eigenvalue weighted by molar-refractivity contribution is 5.95. The van der Waals surface area contributed by atoms with E-state index in [1.165, 1.54) is 19.5 Å². The molecule has 0 aliphatic carbocycles. The second kappa shape index (κ2) is 5.92. The molecule has 20 heavy (non-hydrogen) atoms. The highest BCUT2D eigenvalue weighted by atomic mass is 16.5. The van der Waals surface area contributed by atoms with Crippen LogP contribution in [0.25, 0.3) is 0 Å². The van der Waals surface area contributed by atoms with E-state index < -0.39 is 5.97 Å². The average molecular weight is 274 g/mol. The van der Waals surface area contributed by atoms with Crippen LogP contribution in [0.1, 0.15) is 10.4 Å². The fourth-order valence-electron chi connectivity index (χ4n) is 1.73. The van der Waals surface area contributed by atoms with Crippen molar-refractivity contribution in [1.82, 2.24) is 4.98 Å². The van der Waals surface area contributed by atoms with E-state index in [1.807, 2.05) is 0 Å². The van der Waals surface area contributed by atoms with Gasteiger partial charge >= 0.3 is 5.97 Å². The van der Waals surface area contributed by atoms with Crippen molar-refractivity contribution in [1.29, 1.82) is 0 Å². The molecule has 2 aromatic rings. The molecule has 0 unspecified atom stereocenters. The number of rotatable bonds is 5. The minimum Gasteiger partial charge on any atom is -0.497 e. The number of carboxylic acids is 1. The van der Waals surface area contributed by atoms with E-state index in [4.69, 9.17) is 14.6 Å². The van der Waals surface area contributed by atoms with Gasteiger partial charge in [0, 0.05) is 18.5 Å².